The number of hydrogen-bond acceptors (Lipinski definition) is 10. The number of aromatic nitrogens is 3. The van der Waals surface area contributed by atoms with Gasteiger partial charge in [-0.2, -0.15) is 4.98 Å². The zero-order valence-corrected chi connectivity index (χ0v) is 19.6. The van der Waals surface area contributed by atoms with Gasteiger partial charge in [0, 0.05) is 31.0 Å². The number of thiophene rings is 1. The van der Waals surface area contributed by atoms with Crippen LogP contribution in [0.15, 0.2) is 41.9 Å². The van der Waals surface area contributed by atoms with Gasteiger partial charge in [0.15, 0.2) is 5.82 Å². The minimum absolute atomic E-state index is 0.391. The Balaban J connectivity index is 1.45. The molecule has 0 spiro atoms. The van der Waals surface area contributed by atoms with Crippen LogP contribution in [0.4, 0.5) is 28.8 Å². The molecule has 5 rings (SSSR count). The normalized spacial score (nSPS) is 13.6. The van der Waals surface area contributed by atoms with Gasteiger partial charge >= 0.3 is 5.97 Å². The van der Waals surface area contributed by atoms with E-state index in [0.717, 1.165) is 35.5 Å². The van der Waals surface area contributed by atoms with E-state index in [0.29, 0.717) is 41.3 Å². The van der Waals surface area contributed by atoms with Crippen molar-refractivity contribution in [3.8, 4) is 5.75 Å². The highest BCUT2D eigenvalue weighted by Gasteiger charge is 2.18. The summed E-state index contributed by atoms with van der Waals surface area (Å²) < 4.78 is 16.0. The molecule has 176 valence electrons. The number of anilines is 5. The topological polar surface area (TPSA) is 114 Å². The summed E-state index contributed by atoms with van der Waals surface area (Å²) in [7, 11) is 3.00. The van der Waals surface area contributed by atoms with Crippen LogP contribution in [0.25, 0.3) is 11.0 Å². The summed E-state index contributed by atoms with van der Waals surface area (Å²) in [6, 6.07) is 9.67. The summed E-state index contributed by atoms with van der Waals surface area (Å²) in [6.07, 6.45) is 1.79. The van der Waals surface area contributed by atoms with Crippen molar-refractivity contribution in [3.63, 3.8) is 0 Å². The highest BCUT2D eigenvalue weighted by Crippen LogP contribution is 2.34. The highest BCUT2D eigenvalue weighted by atomic mass is 32.1. The highest BCUT2D eigenvalue weighted by molar-refractivity contribution is 7.12. The third-order valence-electron chi connectivity index (χ3n) is 5.50. The summed E-state index contributed by atoms with van der Waals surface area (Å²) in [5.41, 5.74) is 3.87. The number of rotatable bonds is 7. The summed E-state index contributed by atoms with van der Waals surface area (Å²) >= 11 is 1.30. The fourth-order valence-electron chi connectivity index (χ4n) is 3.80. The average Bonchev–Trinajstić information content (AvgIpc) is 3.54. The second kappa shape index (κ2) is 9.57. The van der Waals surface area contributed by atoms with Crippen LogP contribution in [0.2, 0.25) is 0 Å². The number of benzene rings is 1. The van der Waals surface area contributed by atoms with Gasteiger partial charge in [0.2, 0.25) is 5.95 Å². The molecule has 4 aromatic rings. The lowest BCUT2D eigenvalue weighted by atomic mass is 10.2. The van der Waals surface area contributed by atoms with Gasteiger partial charge in [-0.05, 0) is 29.6 Å². The molecule has 0 unspecified atom stereocenters. The molecule has 3 aromatic heterocycles. The van der Waals surface area contributed by atoms with Crippen LogP contribution in [-0.2, 0) is 9.47 Å². The van der Waals surface area contributed by atoms with E-state index in [2.05, 4.69) is 30.5 Å². The number of nitrogens with zero attached hydrogens (tertiary/aromatic N) is 3. The molecule has 0 radical (unpaired) electrons. The maximum absolute atomic E-state index is 12.1. The molecule has 1 aliphatic heterocycles. The Morgan fingerprint density at radius 3 is 2.76 bits per heavy atom. The number of ether oxygens (including phenoxy) is 3. The first kappa shape index (κ1) is 22.0. The van der Waals surface area contributed by atoms with E-state index in [4.69, 9.17) is 14.2 Å². The second-order valence-corrected chi connectivity index (χ2v) is 8.44. The van der Waals surface area contributed by atoms with Crippen LogP contribution in [0.3, 0.4) is 0 Å². The van der Waals surface area contributed by atoms with Gasteiger partial charge in [0.25, 0.3) is 0 Å². The molecule has 0 aliphatic carbocycles. The first-order valence-corrected chi connectivity index (χ1v) is 11.6. The number of carbonyl (C=O) groups is 1. The zero-order valence-electron chi connectivity index (χ0n) is 18.8. The minimum Gasteiger partial charge on any atom is -0.494 e. The van der Waals surface area contributed by atoms with Gasteiger partial charge in [-0.15, -0.1) is 11.3 Å². The molecule has 11 heteroatoms. The number of esters is 1. The lowest BCUT2D eigenvalue weighted by molar-refractivity contribution is 0.0607. The van der Waals surface area contributed by atoms with Crippen molar-refractivity contribution < 1.29 is 19.0 Å². The summed E-state index contributed by atoms with van der Waals surface area (Å²) in [5, 5.41) is 8.33. The smallest absolute Gasteiger partial charge is 0.350 e. The summed E-state index contributed by atoms with van der Waals surface area (Å²) in [5.74, 6) is 1.20. The lowest BCUT2D eigenvalue weighted by Crippen LogP contribution is -2.36. The minimum atomic E-state index is -0.405. The van der Waals surface area contributed by atoms with Crippen LogP contribution >= 0.6 is 11.3 Å². The van der Waals surface area contributed by atoms with Crippen molar-refractivity contribution in [1.82, 2.24) is 15.0 Å². The number of hydrogen-bond donors (Lipinski definition) is 3. The lowest BCUT2D eigenvalue weighted by Gasteiger charge is -2.29. The largest absolute Gasteiger partial charge is 0.494 e. The third-order valence-corrected chi connectivity index (χ3v) is 6.40. The second-order valence-electron chi connectivity index (χ2n) is 7.52. The first-order valence-electron chi connectivity index (χ1n) is 10.7. The molecule has 10 nitrogen and oxygen atoms in total. The Labute approximate surface area is 199 Å². The van der Waals surface area contributed by atoms with E-state index in [1.807, 2.05) is 35.7 Å². The zero-order chi connectivity index (χ0) is 23.5. The van der Waals surface area contributed by atoms with E-state index < -0.39 is 5.97 Å². The van der Waals surface area contributed by atoms with Crippen molar-refractivity contribution in [1.29, 1.82) is 0 Å². The molecule has 1 aliphatic rings. The fraction of sp³-hybridized carbons (Fsp3) is 0.261. The Morgan fingerprint density at radius 1 is 1.12 bits per heavy atom. The van der Waals surface area contributed by atoms with Crippen LogP contribution < -0.4 is 20.3 Å². The molecule has 1 aromatic carbocycles. The molecular weight excluding hydrogens is 456 g/mol. The average molecular weight is 481 g/mol. The van der Waals surface area contributed by atoms with Gasteiger partial charge in [-0.1, -0.05) is 0 Å². The van der Waals surface area contributed by atoms with E-state index in [-0.39, 0.29) is 0 Å². The standard InChI is InChI=1S/C23H24N6O4S/c1-31-18-13-14(29-8-10-33-11-9-29)3-4-15(18)26-23-27-16-5-7-24-19(16)21(28-23)25-17-6-12-34-20(17)22(30)32-2/h3-7,12-13,24H,8-11H2,1-2H3,(H2,25,26,27,28). The van der Waals surface area contributed by atoms with Crippen molar-refractivity contribution in [2.45, 2.75) is 0 Å². The Morgan fingerprint density at radius 2 is 1.97 bits per heavy atom. The SMILES string of the molecule is COC(=O)c1sccc1Nc1nc(Nc2ccc(N3CCOCC3)cc2OC)nc2cc[nH]c12. The molecule has 34 heavy (non-hydrogen) atoms. The number of carbonyl (C=O) groups excluding carboxylic acids is 1. The monoisotopic (exact) mass is 480 g/mol. The van der Waals surface area contributed by atoms with Crippen molar-refractivity contribution >= 4 is 57.2 Å². The molecule has 0 atom stereocenters. The summed E-state index contributed by atoms with van der Waals surface area (Å²) in [6.45, 7) is 3.11. The van der Waals surface area contributed by atoms with Crippen LogP contribution in [0.5, 0.6) is 5.75 Å². The van der Waals surface area contributed by atoms with E-state index in [9.17, 15) is 4.79 Å². The van der Waals surface area contributed by atoms with E-state index >= 15 is 0 Å². The molecule has 4 heterocycles. The van der Waals surface area contributed by atoms with Gasteiger partial charge in [-0.3, -0.25) is 0 Å². The molecule has 1 fully saturated rings. The molecule has 1 saturated heterocycles. The van der Waals surface area contributed by atoms with Crippen molar-refractivity contribution in [2.24, 2.45) is 0 Å². The quantitative estimate of drug-likeness (QED) is 0.336. The number of H-pyrrole nitrogens is 1. The van der Waals surface area contributed by atoms with Crippen LogP contribution in [0, 0.1) is 0 Å². The molecular formula is C23H24N6O4S. The molecule has 0 amide bonds. The predicted molar refractivity (Wildman–Crippen MR) is 132 cm³/mol. The molecule has 0 bridgehead atoms. The first-order chi connectivity index (χ1) is 16.7. The predicted octanol–water partition coefficient (Wildman–Crippen LogP) is 4.14. The molecule has 3 N–H and O–H groups in total. The van der Waals surface area contributed by atoms with Crippen LogP contribution in [0.1, 0.15) is 9.67 Å². The number of nitrogens with one attached hydrogen (secondary N) is 3. The number of methoxy groups -OCH3 is 2. The maximum atomic E-state index is 12.1. The maximum Gasteiger partial charge on any atom is 0.350 e. The Bertz CT molecular complexity index is 1310. The van der Waals surface area contributed by atoms with Crippen molar-refractivity contribution in [2.75, 3.05) is 56.1 Å². The fourth-order valence-corrected chi connectivity index (χ4v) is 4.57. The van der Waals surface area contributed by atoms with Gasteiger partial charge in [0.1, 0.15) is 16.1 Å². The van der Waals surface area contributed by atoms with Gasteiger partial charge in [0.05, 0.1) is 44.3 Å². The van der Waals surface area contributed by atoms with Gasteiger partial charge in [-0.25, -0.2) is 9.78 Å². The van der Waals surface area contributed by atoms with Gasteiger partial charge < -0.3 is 34.7 Å². The molecule has 0 saturated carbocycles. The number of aromatic amines is 1. The van der Waals surface area contributed by atoms with Crippen LogP contribution in [-0.4, -0.2) is 61.4 Å². The Kier molecular flexibility index (Phi) is 6.19. The number of fused-ring (bicyclic) bond motifs is 1. The van der Waals surface area contributed by atoms with E-state index in [1.54, 1.807) is 13.3 Å². The van der Waals surface area contributed by atoms with Crippen molar-refractivity contribution in [3.05, 3.63) is 46.8 Å². The number of morpholine rings is 1. The van der Waals surface area contributed by atoms with E-state index in [1.165, 1.54) is 18.4 Å². The Hall–Kier alpha value is -3.83. The third kappa shape index (κ3) is 4.35. The summed E-state index contributed by atoms with van der Waals surface area (Å²) in [4.78, 5) is 27.3.